The molecule has 0 atom stereocenters. The van der Waals surface area contributed by atoms with E-state index in [4.69, 9.17) is 11.6 Å². The van der Waals surface area contributed by atoms with Gasteiger partial charge in [0.1, 0.15) is 0 Å². The largest absolute Gasteiger partial charge is 0.301 e. The van der Waals surface area contributed by atoms with Crippen molar-refractivity contribution in [3.63, 3.8) is 0 Å². The molecular weight excluding hydrogens is 305 g/mol. The normalized spacial score (nSPS) is 14.9. The number of ketones is 1. The third-order valence-electron chi connectivity index (χ3n) is 2.60. The van der Waals surface area contributed by atoms with Gasteiger partial charge in [-0.1, -0.05) is 33.6 Å². The van der Waals surface area contributed by atoms with Crippen LogP contribution in [0.1, 0.15) is 15.9 Å². The Morgan fingerprint density at radius 2 is 2.12 bits per heavy atom. The first-order chi connectivity index (χ1) is 8.06. The maximum Gasteiger partial charge on any atom is 0.299 e. The van der Waals surface area contributed by atoms with Crippen LogP contribution in [0, 0.1) is 6.92 Å². The SMILES string of the molecule is Cc1cc(Br)cc2c1N(C/C=C/Cl)C(=O)C2=O. The van der Waals surface area contributed by atoms with Gasteiger partial charge in [0.2, 0.25) is 0 Å². The van der Waals surface area contributed by atoms with E-state index < -0.39 is 11.7 Å². The molecule has 3 nitrogen and oxygen atoms in total. The van der Waals surface area contributed by atoms with Crippen molar-refractivity contribution in [1.82, 2.24) is 0 Å². The zero-order valence-electron chi connectivity index (χ0n) is 9.04. The predicted molar refractivity (Wildman–Crippen MR) is 70.6 cm³/mol. The van der Waals surface area contributed by atoms with Crippen molar-refractivity contribution in [3.05, 3.63) is 39.3 Å². The molecule has 17 heavy (non-hydrogen) atoms. The minimum atomic E-state index is -0.504. The quantitative estimate of drug-likeness (QED) is 0.787. The van der Waals surface area contributed by atoms with E-state index in [0.29, 0.717) is 17.8 Å². The van der Waals surface area contributed by atoms with Crippen LogP contribution in [0.4, 0.5) is 5.69 Å². The topological polar surface area (TPSA) is 37.4 Å². The molecule has 0 radical (unpaired) electrons. The summed E-state index contributed by atoms with van der Waals surface area (Å²) in [7, 11) is 0. The van der Waals surface area contributed by atoms with Gasteiger partial charge in [-0.2, -0.15) is 0 Å². The molecule has 1 aromatic rings. The number of carbonyl (C=O) groups is 2. The van der Waals surface area contributed by atoms with Gasteiger partial charge < -0.3 is 4.90 Å². The summed E-state index contributed by atoms with van der Waals surface area (Å²) in [5.41, 5.74) is 3.35. The van der Waals surface area contributed by atoms with Gasteiger partial charge in [0.15, 0.2) is 0 Å². The molecule has 1 amide bonds. The molecule has 1 heterocycles. The lowest BCUT2D eigenvalue weighted by atomic mass is 10.1. The maximum absolute atomic E-state index is 11.8. The second kappa shape index (κ2) is 4.63. The van der Waals surface area contributed by atoms with Crippen LogP contribution in [0.25, 0.3) is 0 Å². The number of nitrogens with zero attached hydrogens (tertiary/aromatic N) is 1. The highest BCUT2D eigenvalue weighted by Crippen LogP contribution is 2.34. The van der Waals surface area contributed by atoms with E-state index >= 15 is 0 Å². The van der Waals surface area contributed by atoms with Crippen molar-refractivity contribution in [1.29, 1.82) is 0 Å². The highest BCUT2D eigenvalue weighted by Gasteiger charge is 2.36. The summed E-state index contributed by atoms with van der Waals surface area (Å²) in [5.74, 6) is -0.969. The molecule has 0 N–H and O–H groups in total. The third kappa shape index (κ3) is 2.03. The summed E-state index contributed by atoms with van der Waals surface area (Å²) in [6, 6.07) is 3.55. The number of hydrogen-bond donors (Lipinski definition) is 0. The number of amides is 1. The number of hydrogen-bond acceptors (Lipinski definition) is 2. The Balaban J connectivity index is 2.56. The molecule has 0 aromatic heterocycles. The molecule has 1 aliphatic rings. The van der Waals surface area contributed by atoms with E-state index in [0.717, 1.165) is 10.0 Å². The number of anilines is 1. The standard InChI is InChI=1S/C12H9BrClNO2/c1-7-5-8(13)6-9-10(7)15(4-2-3-14)12(17)11(9)16/h2-3,5-6H,4H2,1H3/b3-2+. The molecule has 0 fully saturated rings. The van der Waals surface area contributed by atoms with Gasteiger partial charge in [-0.25, -0.2) is 0 Å². The van der Waals surface area contributed by atoms with Crippen LogP contribution in [-0.4, -0.2) is 18.2 Å². The van der Waals surface area contributed by atoms with E-state index in [1.165, 1.54) is 10.4 Å². The molecule has 88 valence electrons. The lowest BCUT2D eigenvalue weighted by molar-refractivity contribution is -0.114. The van der Waals surface area contributed by atoms with E-state index in [9.17, 15) is 9.59 Å². The van der Waals surface area contributed by atoms with Gasteiger partial charge in [0.25, 0.3) is 11.7 Å². The smallest absolute Gasteiger partial charge is 0.299 e. The zero-order chi connectivity index (χ0) is 12.6. The average molecular weight is 315 g/mol. The van der Waals surface area contributed by atoms with Crippen LogP contribution in [0.15, 0.2) is 28.2 Å². The Morgan fingerprint density at radius 3 is 2.76 bits per heavy atom. The van der Waals surface area contributed by atoms with Gasteiger partial charge in [-0.15, -0.1) is 0 Å². The molecule has 0 saturated carbocycles. The van der Waals surface area contributed by atoms with Crippen LogP contribution >= 0.6 is 27.5 Å². The summed E-state index contributed by atoms with van der Waals surface area (Å²) in [4.78, 5) is 25.1. The van der Waals surface area contributed by atoms with Crippen LogP contribution in [0.3, 0.4) is 0 Å². The average Bonchev–Trinajstić information content (AvgIpc) is 2.51. The van der Waals surface area contributed by atoms with Gasteiger partial charge in [-0.3, -0.25) is 9.59 Å². The molecule has 0 saturated heterocycles. The Labute approximate surface area is 112 Å². The Kier molecular flexibility index (Phi) is 3.35. The highest BCUT2D eigenvalue weighted by atomic mass is 79.9. The Bertz CT molecular complexity index is 540. The Hall–Kier alpha value is -1.13. The third-order valence-corrected chi connectivity index (χ3v) is 3.23. The summed E-state index contributed by atoms with van der Waals surface area (Å²) >= 11 is 8.76. The minimum absolute atomic E-state index is 0.309. The molecule has 2 rings (SSSR count). The molecular formula is C12H9BrClNO2. The fourth-order valence-electron chi connectivity index (χ4n) is 1.93. The minimum Gasteiger partial charge on any atom is -0.301 e. The van der Waals surface area contributed by atoms with Crippen molar-refractivity contribution >= 4 is 44.9 Å². The number of carbonyl (C=O) groups excluding carboxylic acids is 2. The van der Waals surface area contributed by atoms with Crippen molar-refractivity contribution < 1.29 is 9.59 Å². The molecule has 1 aliphatic heterocycles. The summed E-state index contributed by atoms with van der Waals surface area (Å²) < 4.78 is 0.796. The fraction of sp³-hybridized carbons (Fsp3) is 0.167. The first-order valence-electron chi connectivity index (χ1n) is 4.98. The second-order valence-corrected chi connectivity index (χ2v) is 4.89. The first-order valence-corrected chi connectivity index (χ1v) is 6.20. The predicted octanol–water partition coefficient (Wildman–Crippen LogP) is 3.04. The highest BCUT2D eigenvalue weighted by molar-refractivity contribution is 9.10. The van der Waals surface area contributed by atoms with Crippen molar-refractivity contribution in [2.45, 2.75) is 6.92 Å². The van der Waals surface area contributed by atoms with E-state index in [1.807, 2.05) is 13.0 Å². The second-order valence-electron chi connectivity index (χ2n) is 3.73. The van der Waals surface area contributed by atoms with Crippen LogP contribution in [0.2, 0.25) is 0 Å². The monoisotopic (exact) mass is 313 g/mol. The molecule has 0 spiro atoms. The van der Waals surface area contributed by atoms with E-state index in [-0.39, 0.29) is 0 Å². The summed E-state index contributed by atoms with van der Waals surface area (Å²) in [6.07, 6.45) is 1.63. The fourth-order valence-corrected chi connectivity index (χ4v) is 2.58. The number of rotatable bonds is 2. The molecule has 0 unspecified atom stereocenters. The number of benzene rings is 1. The summed E-state index contributed by atoms with van der Waals surface area (Å²) in [6.45, 7) is 2.18. The first kappa shape index (κ1) is 12.3. The van der Waals surface area contributed by atoms with Crippen molar-refractivity contribution in [2.75, 3.05) is 11.4 Å². The maximum atomic E-state index is 11.8. The number of Topliss-reactive ketones (excluding diaryl/α,β-unsaturated/α-hetero) is 1. The van der Waals surface area contributed by atoms with Crippen LogP contribution in [0.5, 0.6) is 0 Å². The number of halogens is 2. The van der Waals surface area contributed by atoms with E-state index in [1.54, 1.807) is 12.1 Å². The summed E-state index contributed by atoms with van der Waals surface area (Å²) in [5, 5.41) is 0. The molecule has 0 aliphatic carbocycles. The zero-order valence-corrected chi connectivity index (χ0v) is 11.4. The number of fused-ring (bicyclic) bond motifs is 1. The van der Waals surface area contributed by atoms with Gasteiger partial charge in [-0.05, 0) is 24.6 Å². The lowest BCUT2D eigenvalue weighted by Gasteiger charge is -2.16. The Morgan fingerprint density at radius 1 is 1.41 bits per heavy atom. The van der Waals surface area contributed by atoms with Gasteiger partial charge in [0.05, 0.1) is 11.3 Å². The van der Waals surface area contributed by atoms with Crippen LogP contribution in [-0.2, 0) is 4.79 Å². The van der Waals surface area contributed by atoms with Crippen molar-refractivity contribution in [2.24, 2.45) is 0 Å². The van der Waals surface area contributed by atoms with Crippen molar-refractivity contribution in [3.8, 4) is 0 Å². The number of aryl methyl sites for hydroxylation is 1. The molecule has 0 bridgehead atoms. The van der Waals surface area contributed by atoms with Gasteiger partial charge >= 0.3 is 0 Å². The molecule has 5 heteroatoms. The van der Waals surface area contributed by atoms with E-state index in [2.05, 4.69) is 15.9 Å². The van der Waals surface area contributed by atoms with Crippen LogP contribution < -0.4 is 4.90 Å². The molecule has 1 aromatic carbocycles. The lowest BCUT2D eigenvalue weighted by Crippen LogP contribution is -2.30. The van der Waals surface area contributed by atoms with Gasteiger partial charge in [0, 0.05) is 16.6 Å².